The minimum absolute atomic E-state index is 0.123. The number of aromatic nitrogens is 5. The number of H-pyrrole nitrogens is 1. The summed E-state index contributed by atoms with van der Waals surface area (Å²) in [4.78, 5) is 15.7. The van der Waals surface area contributed by atoms with Gasteiger partial charge in [0.05, 0.1) is 11.0 Å². The number of alkyl halides is 3. The van der Waals surface area contributed by atoms with E-state index in [1.807, 2.05) is 16.7 Å². The highest BCUT2D eigenvalue weighted by Gasteiger charge is 2.38. The topological polar surface area (TPSA) is 71.4 Å². The molecule has 2 N–H and O–H groups in total. The highest BCUT2D eigenvalue weighted by Crippen LogP contribution is 2.39. The van der Waals surface area contributed by atoms with Crippen molar-refractivity contribution in [2.75, 3.05) is 13.1 Å². The fraction of sp³-hybridized carbons (Fsp3) is 0.409. The summed E-state index contributed by atoms with van der Waals surface area (Å²) in [6.07, 6.45) is 1.63. The van der Waals surface area contributed by atoms with Gasteiger partial charge in [-0.25, -0.2) is 15.0 Å². The van der Waals surface area contributed by atoms with Crippen molar-refractivity contribution in [3.05, 3.63) is 41.9 Å². The molecule has 1 saturated heterocycles. The predicted molar refractivity (Wildman–Crippen MR) is 113 cm³/mol. The summed E-state index contributed by atoms with van der Waals surface area (Å²) in [5.41, 5.74) is 0.466. The molecular formula is C22H23F3N6. The van der Waals surface area contributed by atoms with Gasteiger partial charge in [0.25, 0.3) is 0 Å². The average molecular weight is 428 g/mol. The van der Waals surface area contributed by atoms with E-state index in [0.717, 1.165) is 32.4 Å². The van der Waals surface area contributed by atoms with Crippen LogP contribution in [0.4, 0.5) is 13.2 Å². The number of hydrogen-bond acceptors (Lipinski definition) is 4. The number of aromatic amines is 1. The predicted octanol–water partition coefficient (Wildman–Crippen LogP) is 4.69. The molecule has 0 bridgehead atoms. The molecule has 4 aromatic rings. The summed E-state index contributed by atoms with van der Waals surface area (Å²) in [6, 6.07) is 5.46. The Labute approximate surface area is 176 Å². The first-order chi connectivity index (χ1) is 14.9. The lowest BCUT2D eigenvalue weighted by Crippen LogP contribution is -2.28. The number of pyridine rings is 1. The van der Waals surface area contributed by atoms with E-state index in [2.05, 4.69) is 25.3 Å². The van der Waals surface area contributed by atoms with Crippen molar-refractivity contribution in [1.29, 1.82) is 0 Å². The second kappa shape index (κ2) is 7.64. The van der Waals surface area contributed by atoms with Gasteiger partial charge in [-0.1, -0.05) is 18.2 Å². The lowest BCUT2D eigenvalue weighted by molar-refractivity contribution is -0.139. The molecule has 0 aliphatic carbocycles. The number of aryl methyl sites for hydroxylation is 2. The lowest BCUT2D eigenvalue weighted by Gasteiger charge is -2.23. The number of halogens is 3. The van der Waals surface area contributed by atoms with Crippen molar-refractivity contribution in [3.8, 4) is 11.6 Å². The maximum absolute atomic E-state index is 14.0. The highest BCUT2D eigenvalue weighted by atomic mass is 19.4. The van der Waals surface area contributed by atoms with Gasteiger partial charge in [-0.15, -0.1) is 0 Å². The summed E-state index contributed by atoms with van der Waals surface area (Å²) < 4.78 is 43.9. The van der Waals surface area contributed by atoms with E-state index < -0.39 is 11.9 Å². The number of para-hydroxylation sites is 1. The Morgan fingerprint density at radius 3 is 2.65 bits per heavy atom. The number of rotatable bonds is 4. The Hall–Kier alpha value is -2.94. The van der Waals surface area contributed by atoms with Crippen LogP contribution in [-0.2, 0) is 12.7 Å². The SMILES string of the molecule is Cc1cccc2c1nc(C(F)(F)F)c1nc(-c3ncc[nH]3)n(CCC3CCNCC3)c12. The molecule has 0 saturated carbocycles. The van der Waals surface area contributed by atoms with Gasteiger partial charge in [0.15, 0.2) is 17.3 Å². The standard InChI is InChI=1S/C22H23F3N6/c1-13-3-2-4-15-16(13)29-19(22(23,24)25)17-18(15)31(12-7-14-5-8-26-9-6-14)21(30-17)20-27-10-11-28-20/h2-4,10-11,14,26H,5-9,12H2,1H3,(H,27,28). The van der Waals surface area contributed by atoms with Crippen LogP contribution in [0.1, 0.15) is 30.5 Å². The zero-order valence-electron chi connectivity index (χ0n) is 17.1. The minimum atomic E-state index is -4.61. The maximum atomic E-state index is 14.0. The monoisotopic (exact) mass is 428 g/mol. The molecule has 0 spiro atoms. The molecular weight excluding hydrogens is 405 g/mol. The molecule has 4 heterocycles. The second-order valence-electron chi connectivity index (χ2n) is 8.13. The van der Waals surface area contributed by atoms with Gasteiger partial charge in [0.2, 0.25) is 0 Å². The molecule has 1 aromatic carbocycles. The van der Waals surface area contributed by atoms with Gasteiger partial charge < -0.3 is 14.9 Å². The molecule has 1 fully saturated rings. The van der Waals surface area contributed by atoms with Gasteiger partial charge in [0.1, 0.15) is 5.52 Å². The molecule has 0 atom stereocenters. The fourth-order valence-corrected chi connectivity index (χ4v) is 4.52. The second-order valence-corrected chi connectivity index (χ2v) is 8.13. The number of piperidine rings is 1. The quantitative estimate of drug-likeness (QED) is 0.495. The van der Waals surface area contributed by atoms with Crippen LogP contribution in [-0.4, -0.2) is 37.6 Å². The van der Waals surface area contributed by atoms with E-state index in [1.165, 1.54) is 0 Å². The molecule has 162 valence electrons. The number of fused-ring (bicyclic) bond motifs is 3. The lowest BCUT2D eigenvalue weighted by atomic mass is 9.94. The summed E-state index contributed by atoms with van der Waals surface area (Å²) in [5, 5.41) is 4.04. The Morgan fingerprint density at radius 1 is 1.13 bits per heavy atom. The van der Waals surface area contributed by atoms with Crippen molar-refractivity contribution in [1.82, 2.24) is 29.8 Å². The fourth-order valence-electron chi connectivity index (χ4n) is 4.52. The first kappa shape index (κ1) is 20.0. The van der Waals surface area contributed by atoms with E-state index >= 15 is 0 Å². The van der Waals surface area contributed by atoms with E-state index in [1.54, 1.807) is 25.4 Å². The van der Waals surface area contributed by atoms with Crippen LogP contribution in [0, 0.1) is 12.8 Å². The summed E-state index contributed by atoms with van der Waals surface area (Å²) in [5.74, 6) is 1.39. The number of benzene rings is 1. The molecule has 5 rings (SSSR count). The number of nitrogens with one attached hydrogen (secondary N) is 2. The van der Waals surface area contributed by atoms with E-state index in [9.17, 15) is 13.2 Å². The first-order valence-electron chi connectivity index (χ1n) is 10.5. The van der Waals surface area contributed by atoms with Crippen molar-refractivity contribution in [2.45, 2.75) is 38.9 Å². The van der Waals surface area contributed by atoms with Crippen LogP contribution in [0.2, 0.25) is 0 Å². The van der Waals surface area contributed by atoms with Crippen molar-refractivity contribution in [3.63, 3.8) is 0 Å². The number of hydrogen-bond donors (Lipinski definition) is 2. The van der Waals surface area contributed by atoms with Crippen LogP contribution in [0.15, 0.2) is 30.6 Å². The highest BCUT2D eigenvalue weighted by molar-refractivity contribution is 6.05. The molecule has 3 aromatic heterocycles. The third-order valence-electron chi connectivity index (χ3n) is 6.11. The summed E-state index contributed by atoms with van der Waals surface area (Å²) >= 11 is 0. The van der Waals surface area contributed by atoms with Crippen LogP contribution in [0.25, 0.3) is 33.6 Å². The van der Waals surface area contributed by atoms with Gasteiger partial charge in [-0.2, -0.15) is 13.2 Å². The molecule has 1 aliphatic heterocycles. The smallest absolute Gasteiger partial charge is 0.342 e. The number of nitrogens with zero attached hydrogens (tertiary/aromatic N) is 4. The molecule has 0 amide bonds. The number of imidazole rings is 2. The van der Waals surface area contributed by atoms with E-state index in [4.69, 9.17) is 0 Å². The zero-order chi connectivity index (χ0) is 21.6. The Balaban J connectivity index is 1.77. The Bertz CT molecular complexity index is 1220. The first-order valence-corrected chi connectivity index (χ1v) is 10.5. The molecule has 0 radical (unpaired) electrons. The van der Waals surface area contributed by atoms with Crippen LogP contribution in [0.5, 0.6) is 0 Å². The van der Waals surface area contributed by atoms with Gasteiger partial charge in [-0.05, 0) is 50.8 Å². The van der Waals surface area contributed by atoms with Gasteiger partial charge in [0, 0.05) is 24.3 Å². The van der Waals surface area contributed by atoms with Crippen LogP contribution >= 0.6 is 0 Å². The minimum Gasteiger partial charge on any atom is -0.342 e. The van der Waals surface area contributed by atoms with E-state index in [-0.39, 0.29) is 5.52 Å². The van der Waals surface area contributed by atoms with E-state index in [0.29, 0.717) is 46.1 Å². The maximum Gasteiger partial charge on any atom is 0.435 e. The van der Waals surface area contributed by atoms with Gasteiger partial charge >= 0.3 is 6.18 Å². The van der Waals surface area contributed by atoms with Gasteiger partial charge in [-0.3, -0.25) is 0 Å². The summed E-state index contributed by atoms with van der Waals surface area (Å²) in [7, 11) is 0. The van der Waals surface area contributed by atoms with Crippen molar-refractivity contribution >= 4 is 21.9 Å². The Kier molecular flexibility index (Phi) is 4.92. The summed E-state index contributed by atoms with van der Waals surface area (Å²) in [6.45, 7) is 4.31. The molecule has 1 aliphatic rings. The Morgan fingerprint density at radius 2 is 1.94 bits per heavy atom. The van der Waals surface area contributed by atoms with Crippen LogP contribution < -0.4 is 5.32 Å². The van der Waals surface area contributed by atoms with Crippen molar-refractivity contribution in [2.24, 2.45) is 5.92 Å². The zero-order valence-corrected chi connectivity index (χ0v) is 17.1. The van der Waals surface area contributed by atoms with Crippen LogP contribution in [0.3, 0.4) is 0 Å². The van der Waals surface area contributed by atoms with Crippen molar-refractivity contribution < 1.29 is 13.2 Å². The average Bonchev–Trinajstić information content (AvgIpc) is 3.40. The molecule has 9 heteroatoms. The third kappa shape index (κ3) is 3.56. The largest absolute Gasteiger partial charge is 0.435 e. The normalized spacial score (nSPS) is 15.9. The molecule has 6 nitrogen and oxygen atoms in total. The molecule has 31 heavy (non-hydrogen) atoms. The third-order valence-corrected chi connectivity index (χ3v) is 6.11. The molecule has 0 unspecified atom stereocenters.